The molecule has 11 heteroatoms. The number of carbonyl (C=O) groups is 6. The average molecular weight is 1280 g/mol. The minimum atomic E-state index is -0.460. The van der Waals surface area contributed by atoms with E-state index in [0.717, 1.165) is 58.6 Å². The van der Waals surface area contributed by atoms with Crippen LogP contribution in [0.3, 0.4) is 0 Å². The van der Waals surface area contributed by atoms with Gasteiger partial charge in [-0.3, -0.25) is 38.7 Å². The van der Waals surface area contributed by atoms with Crippen LogP contribution in [0.4, 0.5) is 0 Å². The highest BCUT2D eigenvalue weighted by molar-refractivity contribution is 6.02. The maximum atomic E-state index is 12.3. The van der Waals surface area contributed by atoms with Crippen molar-refractivity contribution in [2.75, 3.05) is 13.2 Å². The van der Waals surface area contributed by atoms with E-state index in [4.69, 9.17) is 9.47 Å². The van der Waals surface area contributed by atoms with Crippen molar-refractivity contribution in [2.45, 2.75) is 290 Å². The highest BCUT2D eigenvalue weighted by atomic mass is 16.5. The lowest BCUT2D eigenvalue weighted by Gasteiger charge is -2.25. The topological polar surface area (TPSA) is 159 Å². The Balaban J connectivity index is 0. The second-order valence-corrected chi connectivity index (χ2v) is 37.2. The van der Waals surface area contributed by atoms with Gasteiger partial charge in [0.25, 0.3) is 0 Å². The first kappa shape index (κ1) is 88.2. The number of nitrogens with zero attached hydrogens (tertiary/aromatic N) is 2. The molecule has 4 rings (SSSR count). The van der Waals surface area contributed by atoms with Gasteiger partial charge in [-0.2, -0.15) is 0 Å². The molecule has 0 saturated heterocycles. The third-order valence-corrected chi connectivity index (χ3v) is 13.9. The van der Waals surface area contributed by atoms with E-state index in [1.54, 1.807) is 12.4 Å². The minimum absolute atomic E-state index is 0.0114. The van der Waals surface area contributed by atoms with E-state index in [1.165, 1.54) is 5.56 Å². The third kappa shape index (κ3) is 36.0. The molecular weight excluding hydrogens is 1140 g/mol. The number of ether oxygens (including phenoxy) is 2. The number of ketones is 3. The monoisotopic (exact) mass is 1280 g/mol. The normalized spacial score (nSPS) is 12.6. The summed E-state index contributed by atoms with van der Waals surface area (Å²) in [6.45, 7) is 74.5. The lowest BCUT2D eigenvalue weighted by atomic mass is 9.78. The van der Waals surface area contributed by atoms with Crippen LogP contribution < -0.4 is 5.32 Å². The summed E-state index contributed by atoms with van der Waals surface area (Å²) >= 11 is 0. The Morgan fingerprint density at radius 2 is 0.859 bits per heavy atom. The van der Waals surface area contributed by atoms with Crippen molar-refractivity contribution < 1.29 is 38.2 Å². The zero-order valence-electron chi connectivity index (χ0n) is 65.3. The number of esters is 2. The van der Waals surface area contributed by atoms with Crippen LogP contribution in [0.2, 0.25) is 0 Å². The Bertz CT molecular complexity index is 2830. The Kier molecular flexibility index (Phi) is 33.1. The van der Waals surface area contributed by atoms with Crippen LogP contribution in [0.25, 0.3) is 0 Å². The third-order valence-electron chi connectivity index (χ3n) is 13.9. The molecule has 92 heavy (non-hydrogen) atoms. The fraction of sp³-hybridized carbons (Fsp3) is 0.654. The van der Waals surface area contributed by atoms with E-state index in [0.29, 0.717) is 12.0 Å². The van der Waals surface area contributed by atoms with Gasteiger partial charge in [-0.25, -0.2) is 0 Å². The number of nitrogens with one attached hydrogen (secondary N) is 1. The van der Waals surface area contributed by atoms with Gasteiger partial charge in [0.2, 0.25) is 5.91 Å². The molecule has 4 aromatic rings. The maximum absolute atomic E-state index is 12.3. The molecule has 0 aliphatic rings. The lowest BCUT2D eigenvalue weighted by Crippen LogP contribution is -2.36. The van der Waals surface area contributed by atoms with Crippen molar-refractivity contribution >= 4 is 35.2 Å². The number of Topliss-reactive ketones (excluding diaryl/α,β-unsaturated/α-hetero) is 3. The Morgan fingerprint density at radius 3 is 1.25 bits per heavy atom. The summed E-state index contributed by atoms with van der Waals surface area (Å²) in [5.74, 6) is 0.415. The number of hydrogen-bond acceptors (Lipinski definition) is 10. The van der Waals surface area contributed by atoms with E-state index in [-0.39, 0.29) is 96.0 Å². The molecule has 0 radical (unpaired) electrons. The van der Waals surface area contributed by atoms with E-state index >= 15 is 0 Å². The molecule has 520 valence electrons. The highest BCUT2D eigenvalue weighted by Crippen LogP contribution is 2.33. The van der Waals surface area contributed by atoms with Gasteiger partial charge < -0.3 is 14.8 Å². The second-order valence-electron chi connectivity index (χ2n) is 37.2. The number of pyridine rings is 2. The fourth-order valence-corrected chi connectivity index (χ4v) is 7.69. The van der Waals surface area contributed by atoms with Crippen molar-refractivity contribution in [2.24, 2.45) is 43.3 Å². The minimum Gasteiger partial charge on any atom is -0.465 e. The average Bonchev–Trinajstić information content (AvgIpc) is 0.834. The van der Waals surface area contributed by atoms with E-state index in [2.05, 4.69) is 152 Å². The lowest BCUT2D eigenvalue weighted by molar-refractivity contribution is -0.154. The molecule has 2 aromatic carbocycles. The number of aromatic nitrogens is 2. The van der Waals surface area contributed by atoms with Gasteiger partial charge in [0.15, 0.2) is 17.3 Å². The number of carbonyl (C=O) groups excluding carboxylic acids is 6. The van der Waals surface area contributed by atoms with Crippen LogP contribution in [-0.2, 0) is 52.1 Å². The predicted molar refractivity (Wildman–Crippen MR) is 388 cm³/mol. The molecule has 0 fully saturated rings. The SMILES string of the molecule is CC(C)(C)C(=O)OCc1ccc(C(C)(C)C)nc1.CC(C)(C)C(=O)c1cccc(C(C)(C)C)c1.CC(C)(C)C(=O)c1ccccc1C(C)(C)C.CC(C)(C)C(=O)c1cccnc1C(C)(C)C.CC(C)(C)CCNC(=O)C(C)(C)C.CC(C)(C)CCOC(=O)C(C)(C)C. The molecule has 0 saturated carbocycles. The summed E-state index contributed by atoms with van der Waals surface area (Å²) in [7, 11) is 0. The zero-order chi connectivity index (χ0) is 73.1. The molecule has 1 N–H and O–H groups in total. The van der Waals surface area contributed by atoms with E-state index in [9.17, 15) is 28.8 Å². The summed E-state index contributed by atoms with van der Waals surface area (Å²) in [4.78, 5) is 79.9. The molecule has 0 unspecified atom stereocenters. The smallest absolute Gasteiger partial charge is 0.311 e. The van der Waals surface area contributed by atoms with Crippen LogP contribution in [0, 0.1) is 43.3 Å². The standard InChI is InChI=1S/C15H23NO2.2C15H22O.C14H21NO.C11H23NO.C11H22O2/c1-14(2,3)12-8-7-11(9-16-12)10-18-13(17)15(4,5)6;1-14(2,3)12-9-7-8-11(10-12)13(16)15(4,5)6;1-14(2,3)12-10-8-7-9-11(12)13(16)15(4,5)6;1-13(2,3)11-10(8-7-9-15-11)12(16)14(4,5)6;1-10(2,3)7-8-12-9(13)11(4,5)6;1-10(2,3)7-8-13-9(12)11(4,5)6/h7-9H,10H2,1-6H3;2*7-10H,1-6H3;7-9H,1-6H3;7-8H2,1-6H3,(H,12,13);7-8H2,1-6H3. The fourth-order valence-electron chi connectivity index (χ4n) is 7.69. The van der Waals surface area contributed by atoms with Gasteiger partial charge in [-0.05, 0) is 111 Å². The molecule has 1 amide bonds. The Labute approximate surface area is 562 Å². The van der Waals surface area contributed by atoms with Crippen LogP contribution in [0.5, 0.6) is 0 Å². The summed E-state index contributed by atoms with van der Waals surface area (Å²) in [5, 5.41) is 2.94. The number of benzene rings is 2. The van der Waals surface area contributed by atoms with Gasteiger partial charge in [0, 0.05) is 79.4 Å². The molecule has 0 bridgehead atoms. The van der Waals surface area contributed by atoms with Gasteiger partial charge >= 0.3 is 11.9 Å². The molecule has 11 nitrogen and oxygen atoms in total. The first-order chi connectivity index (χ1) is 40.8. The Morgan fingerprint density at radius 1 is 0.402 bits per heavy atom. The van der Waals surface area contributed by atoms with Gasteiger partial charge in [0.05, 0.1) is 23.1 Å². The van der Waals surface area contributed by atoms with Crippen LogP contribution >= 0.6 is 0 Å². The van der Waals surface area contributed by atoms with E-state index < -0.39 is 5.41 Å². The second kappa shape index (κ2) is 34.5. The van der Waals surface area contributed by atoms with Crippen molar-refractivity contribution in [3.8, 4) is 0 Å². The molecule has 2 heterocycles. The van der Waals surface area contributed by atoms with Crippen LogP contribution in [0.15, 0.2) is 85.2 Å². The largest absolute Gasteiger partial charge is 0.465 e. The van der Waals surface area contributed by atoms with Crippen molar-refractivity contribution in [1.29, 1.82) is 0 Å². The van der Waals surface area contributed by atoms with Crippen molar-refractivity contribution in [3.05, 3.63) is 130 Å². The summed E-state index contributed by atoms with van der Waals surface area (Å²) in [6, 6.07) is 23.6. The van der Waals surface area contributed by atoms with Gasteiger partial charge in [-0.1, -0.05) is 256 Å². The van der Waals surface area contributed by atoms with E-state index in [1.807, 2.05) is 185 Å². The first-order valence-electron chi connectivity index (χ1n) is 33.1. The molecule has 0 atom stereocenters. The number of hydrogen-bond donors (Lipinski definition) is 1. The quantitative estimate of drug-likeness (QED) is 0.126. The first-order valence-corrected chi connectivity index (χ1v) is 33.1. The number of amides is 1. The van der Waals surface area contributed by atoms with Crippen molar-refractivity contribution in [1.82, 2.24) is 15.3 Å². The van der Waals surface area contributed by atoms with Gasteiger partial charge in [0.1, 0.15) is 6.61 Å². The molecule has 0 aliphatic heterocycles. The summed E-state index contributed by atoms with van der Waals surface area (Å²) in [6.07, 6.45) is 5.46. The molecule has 0 spiro atoms. The Hall–Kier alpha value is -5.84. The maximum Gasteiger partial charge on any atom is 0.311 e. The number of rotatable bonds is 9. The zero-order valence-corrected chi connectivity index (χ0v) is 65.3. The highest BCUT2D eigenvalue weighted by Gasteiger charge is 2.32. The van der Waals surface area contributed by atoms with Gasteiger partial charge in [-0.15, -0.1) is 0 Å². The van der Waals surface area contributed by atoms with Crippen molar-refractivity contribution in [3.63, 3.8) is 0 Å². The van der Waals surface area contributed by atoms with Crippen LogP contribution in [0.1, 0.15) is 321 Å². The summed E-state index contributed by atoms with van der Waals surface area (Å²) < 4.78 is 10.4. The molecule has 0 aliphatic carbocycles. The van der Waals surface area contributed by atoms with Crippen LogP contribution in [-0.4, -0.2) is 58.3 Å². The predicted octanol–water partition coefficient (Wildman–Crippen LogP) is 21.1. The molecular formula is C81H133N3O8. The molecule has 2 aromatic heterocycles. The summed E-state index contributed by atoms with van der Waals surface area (Å²) in [5.41, 5.74) is 6.11.